The van der Waals surface area contributed by atoms with Crippen molar-refractivity contribution in [1.82, 2.24) is 0 Å². The smallest absolute Gasteiger partial charge is 0.175 e. The summed E-state index contributed by atoms with van der Waals surface area (Å²) in [5.74, 6) is -1.28. The van der Waals surface area contributed by atoms with Gasteiger partial charge in [0.05, 0.1) is 4.90 Å². The molecule has 0 saturated heterocycles. The number of hydrogen-bond acceptors (Lipinski definition) is 3. The predicted octanol–water partition coefficient (Wildman–Crippen LogP) is 2.98. The fourth-order valence-corrected chi connectivity index (χ4v) is 2.40. The van der Waals surface area contributed by atoms with Crippen molar-refractivity contribution in [3.05, 3.63) is 59.7 Å². The van der Waals surface area contributed by atoms with E-state index in [1.807, 2.05) is 0 Å². The molecule has 0 amide bonds. The SMILES string of the molecule is CS(=O)(=O)c1cccc(NCc2c(F)cccc2F)c1. The van der Waals surface area contributed by atoms with E-state index >= 15 is 0 Å². The van der Waals surface area contributed by atoms with Crippen LogP contribution in [-0.2, 0) is 16.4 Å². The molecule has 0 spiro atoms. The van der Waals surface area contributed by atoms with Crippen molar-refractivity contribution in [2.24, 2.45) is 0 Å². The maximum atomic E-state index is 13.4. The molecule has 2 rings (SSSR count). The summed E-state index contributed by atoms with van der Waals surface area (Å²) in [4.78, 5) is 0.150. The first-order valence-electron chi connectivity index (χ1n) is 5.85. The van der Waals surface area contributed by atoms with Gasteiger partial charge in [0.15, 0.2) is 9.84 Å². The predicted molar refractivity (Wildman–Crippen MR) is 73.2 cm³/mol. The van der Waals surface area contributed by atoms with Gasteiger partial charge in [-0.05, 0) is 30.3 Å². The molecule has 2 aromatic rings. The molecule has 0 aliphatic rings. The molecule has 0 aliphatic carbocycles. The molecule has 20 heavy (non-hydrogen) atoms. The van der Waals surface area contributed by atoms with Crippen molar-refractivity contribution in [3.63, 3.8) is 0 Å². The quantitative estimate of drug-likeness (QED) is 0.943. The zero-order valence-corrected chi connectivity index (χ0v) is 11.5. The second-order valence-electron chi connectivity index (χ2n) is 4.35. The molecule has 106 valence electrons. The van der Waals surface area contributed by atoms with E-state index in [0.29, 0.717) is 5.69 Å². The van der Waals surface area contributed by atoms with Crippen LogP contribution in [0.15, 0.2) is 47.4 Å². The zero-order valence-electron chi connectivity index (χ0n) is 10.7. The Labute approximate surface area is 116 Å². The van der Waals surface area contributed by atoms with Crippen LogP contribution in [0.3, 0.4) is 0 Å². The normalized spacial score (nSPS) is 11.3. The topological polar surface area (TPSA) is 46.2 Å². The van der Waals surface area contributed by atoms with Gasteiger partial charge < -0.3 is 5.32 Å². The molecule has 0 unspecified atom stereocenters. The van der Waals surface area contributed by atoms with Crippen molar-refractivity contribution in [2.75, 3.05) is 11.6 Å². The summed E-state index contributed by atoms with van der Waals surface area (Å²) in [6.45, 7) is -0.0638. The first kappa shape index (κ1) is 14.5. The van der Waals surface area contributed by atoms with Gasteiger partial charge in [-0.2, -0.15) is 0 Å². The number of halogens is 2. The van der Waals surface area contributed by atoms with Gasteiger partial charge >= 0.3 is 0 Å². The molecular weight excluding hydrogens is 284 g/mol. The highest BCUT2D eigenvalue weighted by molar-refractivity contribution is 7.90. The van der Waals surface area contributed by atoms with E-state index in [1.54, 1.807) is 12.1 Å². The summed E-state index contributed by atoms with van der Waals surface area (Å²) < 4.78 is 49.7. The van der Waals surface area contributed by atoms with Crippen LogP contribution in [0, 0.1) is 11.6 Å². The summed E-state index contributed by atoms with van der Waals surface area (Å²) >= 11 is 0. The number of benzene rings is 2. The Morgan fingerprint density at radius 3 is 2.25 bits per heavy atom. The minimum absolute atomic E-state index is 0.0638. The highest BCUT2D eigenvalue weighted by Crippen LogP contribution is 2.18. The number of anilines is 1. The van der Waals surface area contributed by atoms with Gasteiger partial charge in [-0.25, -0.2) is 17.2 Å². The molecule has 6 heteroatoms. The fraction of sp³-hybridized carbons (Fsp3) is 0.143. The van der Waals surface area contributed by atoms with Gasteiger partial charge in [-0.1, -0.05) is 12.1 Å². The van der Waals surface area contributed by atoms with Crippen molar-refractivity contribution in [2.45, 2.75) is 11.4 Å². The molecule has 0 aliphatic heterocycles. The maximum Gasteiger partial charge on any atom is 0.175 e. The van der Waals surface area contributed by atoms with Crippen LogP contribution in [0.2, 0.25) is 0 Å². The fourth-order valence-electron chi connectivity index (χ4n) is 1.73. The summed E-state index contributed by atoms with van der Waals surface area (Å²) in [7, 11) is -3.31. The summed E-state index contributed by atoms with van der Waals surface area (Å²) in [6.07, 6.45) is 1.10. The number of rotatable bonds is 4. The Balaban J connectivity index is 2.20. The number of nitrogens with one attached hydrogen (secondary N) is 1. The van der Waals surface area contributed by atoms with Crippen LogP contribution < -0.4 is 5.32 Å². The van der Waals surface area contributed by atoms with Gasteiger partial charge in [0, 0.05) is 24.1 Å². The Hall–Kier alpha value is -1.95. The summed E-state index contributed by atoms with van der Waals surface area (Å²) in [6, 6.07) is 9.72. The van der Waals surface area contributed by atoms with Crippen LogP contribution in [0.4, 0.5) is 14.5 Å². The molecule has 0 radical (unpaired) electrons. The molecule has 1 N–H and O–H groups in total. The highest BCUT2D eigenvalue weighted by Gasteiger charge is 2.10. The summed E-state index contributed by atoms with van der Waals surface area (Å²) in [5.41, 5.74) is 0.396. The van der Waals surface area contributed by atoms with Crippen LogP contribution in [0.25, 0.3) is 0 Å². The van der Waals surface area contributed by atoms with Gasteiger partial charge in [-0.3, -0.25) is 0 Å². The lowest BCUT2D eigenvalue weighted by Crippen LogP contribution is -2.05. The molecular formula is C14H13F2NO2S. The molecule has 0 aromatic heterocycles. The Morgan fingerprint density at radius 2 is 1.65 bits per heavy atom. The van der Waals surface area contributed by atoms with Crippen molar-refractivity contribution >= 4 is 15.5 Å². The molecule has 0 bridgehead atoms. The van der Waals surface area contributed by atoms with Gasteiger partial charge in [-0.15, -0.1) is 0 Å². The molecule has 2 aromatic carbocycles. The molecule has 0 fully saturated rings. The lowest BCUT2D eigenvalue weighted by atomic mass is 10.2. The first-order valence-corrected chi connectivity index (χ1v) is 7.74. The van der Waals surface area contributed by atoms with Crippen LogP contribution in [-0.4, -0.2) is 14.7 Å². The average Bonchev–Trinajstić information content (AvgIpc) is 2.37. The first-order chi connectivity index (χ1) is 9.38. The second kappa shape index (κ2) is 5.58. The molecule has 3 nitrogen and oxygen atoms in total. The van der Waals surface area contributed by atoms with Crippen molar-refractivity contribution < 1.29 is 17.2 Å². The Kier molecular flexibility index (Phi) is 4.04. The lowest BCUT2D eigenvalue weighted by Gasteiger charge is -2.09. The average molecular weight is 297 g/mol. The maximum absolute atomic E-state index is 13.4. The third-order valence-electron chi connectivity index (χ3n) is 2.79. The van der Waals surface area contributed by atoms with E-state index in [4.69, 9.17) is 0 Å². The second-order valence-corrected chi connectivity index (χ2v) is 6.37. The third-order valence-corrected chi connectivity index (χ3v) is 3.90. The molecule has 0 saturated carbocycles. The van der Waals surface area contributed by atoms with E-state index in [0.717, 1.165) is 6.26 Å². The van der Waals surface area contributed by atoms with E-state index in [2.05, 4.69) is 5.32 Å². The minimum atomic E-state index is -3.31. The monoisotopic (exact) mass is 297 g/mol. The zero-order chi connectivity index (χ0) is 14.8. The van der Waals surface area contributed by atoms with Crippen LogP contribution >= 0.6 is 0 Å². The number of sulfone groups is 1. The van der Waals surface area contributed by atoms with Crippen molar-refractivity contribution in [1.29, 1.82) is 0 Å². The molecule has 0 atom stereocenters. The van der Waals surface area contributed by atoms with Crippen LogP contribution in [0.5, 0.6) is 0 Å². The minimum Gasteiger partial charge on any atom is -0.381 e. The van der Waals surface area contributed by atoms with Gasteiger partial charge in [0.1, 0.15) is 11.6 Å². The van der Waals surface area contributed by atoms with E-state index in [1.165, 1.54) is 30.3 Å². The van der Waals surface area contributed by atoms with E-state index in [9.17, 15) is 17.2 Å². The standard InChI is InChI=1S/C14H13F2NO2S/c1-20(18,19)11-5-2-4-10(8-11)17-9-12-13(15)6-3-7-14(12)16/h2-8,17H,9H2,1H3. The largest absolute Gasteiger partial charge is 0.381 e. The Morgan fingerprint density at radius 1 is 1.05 bits per heavy atom. The highest BCUT2D eigenvalue weighted by atomic mass is 32.2. The van der Waals surface area contributed by atoms with Crippen LogP contribution in [0.1, 0.15) is 5.56 Å². The Bertz CT molecular complexity index is 709. The van der Waals surface area contributed by atoms with Gasteiger partial charge in [0.25, 0.3) is 0 Å². The lowest BCUT2D eigenvalue weighted by molar-refractivity contribution is 0.560. The van der Waals surface area contributed by atoms with E-state index < -0.39 is 21.5 Å². The number of hydrogen-bond donors (Lipinski definition) is 1. The third kappa shape index (κ3) is 3.33. The summed E-state index contributed by atoms with van der Waals surface area (Å²) in [5, 5.41) is 2.81. The van der Waals surface area contributed by atoms with Gasteiger partial charge in [0.2, 0.25) is 0 Å². The molecule has 0 heterocycles. The van der Waals surface area contributed by atoms with E-state index in [-0.39, 0.29) is 17.0 Å². The van der Waals surface area contributed by atoms with Crippen molar-refractivity contribution in [3.8, 4) is 0 Å².